The van der Waals surface area contributed by atoms with Gasteiger partial charge in [-0.05, 0) is 47.1 Å². The molecule has 0 spiro atoms. The van der Waals surface area contributed by atoms with Gasteiger partial charge in [0, 0.05) is 16.8 Å². The van der Waals surface area contributed by atoms with Crippen LogP contribution in [-0.4, -0.2) is 28.5 Å². The van der Waals surface area contributed by atoms with Crippen molar-refractivity contribution in [3.8, 4) is 0 Å². The number of sulfonamides is 1. The van der Waals surface area contributed by atoms with Crippen molar-refractivity contribution in [3.05, 3.63) is 64.8 Å². The molecule has 0 aliphatic rings. The minimum absolute atomic E-state index is 0.0221. The molecule has 0 unspecified atom stereocenters. The van der Waals surface area contributed by atoms with Gasteiger partial charge in [-0.25, -0.2) is 13.0 Å². The summed E-state index contributed by atoms with van der Waals surface area (Å²) in [7, 11) is -3.90. The predicted octanol–water partition coefficient (Wildman–Crippen LogP) is 3.23. The van der Waals surface area contributed by atoms with Gasteiger partial charge in [0.1, 0.15) is 10.4 Å². The Hall–Kier alpha value is -2.91. The molecule has 0 saturated carbocycles. The van der Waals surface area contributed by atoms with E-state index in [0.717, 1.165) is 11.3 Å². The largest absolute Gasteiger partial charge is 0.265 e. The van der Waals surface area contributed by atoms with Crippen molar-refractivity contribution in [2.24, 2.45) is 0 Å². The Balaban J connectivity index is 1.61. The van der Waals surface area contributed by atoms with Gasteiger partial charge in [0.15, 0.2) is 11.3 Å². The van der Waals surface area contributed by atoms with E-state index >= 15 is 0 Å². The molecule has 2 aromatic heterocycles. The quantitative estimate of drug-likeness (QED) is 0.548. The van der Waals surface area contributed by atoms with Crippen LogP contribution in [0.25, 0.3) is 11.0 Å². The molecule has 0 atom stereocenters. The van der Waals surface area contributed by atoms with Gasteiger partial charge in [0.25, 0.3) is 10.0 Å². The van der Waals surface area contributed by atoms with Crippen LogP contribution in [0.1, 0.15) is 11.3 Å². The molecule has 1 N–H and O–H groups in total. The maximum absolute atomic E-state index is 12.7. The van der Waals surface area contributed by atoms with Crippen LogP contribution in [0.5, 0.6) is 0 Å². The van der Waals surface area contributed by atoms with Gasteiger partial charge >= 0.3 is 0 Å². The second kappa shape index (κ2) is 6.67. The molecule has 0 aliphatic heterocycles. The summed E-state index contributed by atoms with van der Waals surface area (Å²) in [6, 6.07) is 13.7. The standard InChI is InChI=1S/C17H14ClN5O3S/c1-11-9-16(19-23(11)10-12-5-7-13(18)8-6-12)22-27(24,25)15-4-2-3-14-17(15)21-26-20-14/h2-9H,10H2,1H3,(H,19,22). The van der Waals surface area contributed by atoms with Crippen LogP contribution in [0.3, 0.4) is 0 Å². The lowest BCUT2D eigenvalue weighted by Gasteiger charge is -2.06. The topological polar surface area (TPSA) is 103 Å². The first-order valence-electron chi connectivity index (χ1n) is 7.95. The van der Waals surface area contributed by atoms with Crippen molar-refractivity contribution >= 4 is 38.5 Å². The number of nitrogens with zero attached hydrogens (tertiary/aromatic N) is 4. The summed E-state index contributed by atoms with van der Waals surface area (Å²) < 4.78 is 34.3. The molecule has 0 radical (unpaired) electrons. The molecule has 0 aliphatic carbocycles. The average Bonchev–Trinajstić information content (AvgIpc) is 3.23. The Morgan fingerprint density at radius 3 is 2.70 bits per heavy atom. The summed E-state index contributed by atoms with van der Waals surface area (Å²) in [5.41, 5.74) is 2.34. The maximum Gasteiger partial charge on any atom is 0.265 e. The first-order valence-corrected chi connectivity index (χ1v) is 9.81. The van der Waals surface area contributed by atoms with Crippen LogP contribution in [0.15, 0.2) is 58.1 Å². The number of halogens is 1. The zero-order chi connectivity index (χ0) is 19.0. The molecule has 0 amide bonds. The van der Waals surface area contributed by atoms with E-state index in [9.17, 15) is 8.42 Å². The molecular weight excluding hydrogens is 390 g/mol. The highest BCUT2D eigenvalue weighted by Gasteiger charge is 2.21. The van der Waals surface area contributed by atoms with E-state index in [0.29, 0.717) is 17.1 Å². The molecule has 138 valence electrons. The van der Waals surface area contributed by atoms with Gasteiger partial charge in [0.05, 0.1) is 6.54 Å². The number of aryl methyl sites for hydroxylation is 1. The SMILES string of the molecule is Cc1cc(NS(=O)(=O)c2cccc3nonc23)nn1Cc1ccc(Cl)cc1. The van der Waals surface area contributed by atoms with Crippen molar-refractivity contribution < 1.29 is 13.0 Å². The van der Waals surface area contributed by atoms with Crippen LogP contribution >= 0.6 is 11.6 Å². The van der Waals surface area contributed by atoms with Gasteiger partial charge in [-0.1, -0.05) is 29.8 Å². The van der Waals surface area contributed by atoms with Crippen molar-refractivity contribution in [1.82, 2.24) is 20.1 Å². The van der Waals surface area contributed by atoms with Gasteiger partial charge < -0.3 is 0 Å². The van der Waals surface area contributed by atoms with Crippen molar-refractivity contribution in [3.63, 3.8) is 0 Å². The number of aromatic nitrogens is 4. The average molecular weight is 404 g/mol. The molecule has 4 rings (SSSR count). The highest BCUT2D eigenvalue weighted by atomic mass is 35.5. The summed E-state index contributed by atoms with van der Waals surface area (Å²) in [4.78, 5) is -0.0221. The third-order valence-electron chi connectivity index (χ3n) is 4.00. The first kappa shape index (κ1) is 17.5. The molecule has 8 nitrogen and oxygen atoms in total. The molecular formula is C17H14ClN5O3S. The lowest BCUT2D eigenvalue weighted by atomic mass is 10.2. The van der Waals surface area contributed by atoms with Crippen LogP contribution in [0, 0.1) is 6.92 Å². The second-order valence-corrected chi connectivity index (χ2v) is 8.04. The fourth-order valence-corrected chi connectivity index (χ4v) is 3.94. The molecule has 4 aromatic rings. The smallest absolute Gasteiger partial charge is 0.263 e. The van der Waals surface area contributed by atoms with E-state index < -0.39 is 10.0 Å². The molecule has 0 fully saturated rings. The van der Waals surface area contributed by atoms with E-state index in [4.69, 9.17) is 11.6 Å². The van der Waals surface area contributed by atoms with Crippen molar-refractivity contribution in [1.29, 1.82) is 0 Å². The van der Waals surface area contributed by atoms with Crippen molar-refractivity contribution in [2.75, 3.05) is 4.72 Å². The fraction of sp³-hybridized carbons (Fsp3) is 0.118. The number of fused-ring (bicyclic) bond motifs is 1. The van der Waals surface area contributed by atoms with Crippen LogP contribution < -0.4 is 4.72 Å². The lowest BCUT2D eigenvalue weighted by molar-refractivity contribution is 0.315. The highest BCUT2D eigenvalue weighted by molar-refractivity contribution is 7.93. The Bertz CT molecular complexity index is 1220. The van der Waals surface area contributed by atoms with E-state index in [1.54, 1.807) is 35.0 Å². The number of hydrogen-bond donors (Lipinski definition) is 1. The van der Waals surface area contributed by atoms with Crippen molar-refractivity contribution in [2.45, 2.75) is 18.4 Å². The number of anilines is 1. The molecule has 27 heavy (non-hydrogen) atoms. The second-order valence-electron chi connectivity index (χ2n) is 5.95. The number of rotatable bonds is 5. The lowest BCUT2D eigenvalue weighted by Crippen LogP contribution is -2.14. The van der Waals surface area contributed by atoms with Gasteiger partial charge in [-0.2, -0.15) is 5.10 Å². The van der Waals surface area contributed by atoms with E-state index in [-0.39, 0.29) is 16.2 Å². The number of hydrogen-bond acceptors (Lipinski definition) is 6. The third kappa shape index (κ3) is 3.51. The monoisotopic (exact) mass is 403 g/mol. The van der Waals surface area contributed by atoms with E-state index in [1.807, 2.05) is 19.1 Å². The van der Waals surface area contributed by atoms with Gasteiger partial charge in [-0.15, -0.1) is 0 Å². The summed E-state index contributed by atoms with van der Waals surface area (Å²) in [5, 5.41) is 12.3. The normalized spacial score (nSPS) is 11.8. The summed E-state index contributed by atoms with van der Waals surface area (Å²) in [5.74, 6) is 0.218. The Morgan fingerprint density at radius 2 is 1.93 bits per heavy atom. The first-order chi connectivity index (χ1) is 12.9. The van der Waals surface area contributed by atoms with Crippen LogP contribution in [-0.2, 0) is 16.6 Å². The third-order valence-corrected chi connectivity index (χ3v) is 5.64. The molecule has 0 bridgehead atoms. The maximum atomic E-state index is 12.7. The minimum Gasteiger partial charge on any atom is -0.263 e. The molecule has 2 aromatic carbocycles. The number of nitrogens with one attached hydrogen (secondary N) is 1. The Labute approximate surface area is 159 Å². The van der Waals surface area contributed by atoms with Gasteiger partial charge in [-0.3, -0.25) is 9.40 Å². The summed E-state index contributed by atoms with van der Waals surface area (Å²) in [6.07, 6.45) is 0. The minimum atomic E-state index is -3.90. The molecule has 10 heteroatoms. The summed E-state index contributed by atoms with van der Waals surface area (Å²) >= 11 is 5.90. The predicted molar refractivity (Wildman–Crippen MR) is 100 cm³/mol. The Kier molecular flexibility index (Phi) is 4.33. The van der Waals surface area contributed by atoms with Crippen LogP contribution in [0.2, 0.25) is 5.02 Å². The summed E-state index contributed by atoms with van der Waals surface area (Å²) in [6.45, 7) is 2.34. The zero-order valence-corrected chi connectivity index (χ0v) is 15.7. The fourth-order valence-electron chi connectivity index (χ4n) is 2.67. The molecule has 0 saturated heterocycles. The Morgan fingerprint density at radius 1 is 1.15 bits per heavy atom. The van der Waals surface area contributed by atoms with E-state index in [2.05, 4.69) is 24.8 Å². The highest BCUT2D eigenvalue weighted by Crippen LogP contribution is 2.22. The van der Waals surface area contributed by atoms with Crippen LogP contribution in [0.4, 0.5) is 5.82 Å². The van der Waals surface area contributed by atoms with Gasteiger partial charge in [0.2, 0.25) is 0 Å². The number of benzene rings is 2. The zero-order valence-electron chi connectivity index (χ0n) is 14.1. The van der Waals surface area contributed by atoms with E-state index in [1.165, 1.54) is 6.07 Å². The molecule has 2 heterocycles.